The molecule has 1 aromatic carbocycles. The summed E-state index contributed by atoms with van der Waals surface area (Å²) in [6.07, 6.45) is 2.12. The Labute approximate surface area is 250 Å². The standard InChI is InChI=1S/C28H31BrN8O5/c1-5-30-26(40)24(19-10-11-36(32-19)15(2)3)37(28(42)21-13-22(29)33-34(21)4)17-7-6-16-14-35(27(41)18(16)12-17)20-8-9-23(38)31-25(20)39/h6-7,10-13,15,20,24H,5,8-9,14H2,1-4H3,(H,30,40)(H,31,38,39). The molecule has 2 N–H and O–H groups in total. The van der Waals surface area contributed by atoms with Crippen LogP contribution >= 0.6 is 15.9 Å². The van der Waals surface area contributed by atoms with Crippen LogP contribution in [0.5, 0.6) is 0 Å². The van der Waals surface area contributed by atoms with Crippen LogP contribution in [0.15, 0.2) is 41.1 Å². The van der Waals surface area contributed by atoms with Crippen LogP contribution in [0, 0.1) is 0 Å². The minimum Gasteiger partial charge on any atom is -0.354 e. The molecule has 14 heteroatoms. The van der Waals surface area contributed by atoms with E-state index in [1.807, 2.05) is 13.8 Å². The van der Waals surface area contributed by atoms with Crippen molar-refractivity contribution in [3.63, 3.8) is 0 Å². The number of piperidine rings is 1. The molecule has 5 amide bonds. The third-order valence-electron chi connectivity index (χ3n) is 7.37. The van der Waals surface area contributed by atoms with Crippen LogP contribution < -0.4 is 15.5 Å². The van der Waals surface area contributed by atoms with Crippen LogP contribution in [0.2, 0.25) is 0 Å². The zero-order chi connectivity index (χ0) is 30.3. The zero-order valence-electron chi connectivity index (χ0n) is 23.6. The number of hydrogen-bond donors (Lipinski definition) is 2. The quantitative estimate of drug-likeness (QED) is 0.359. The van der Waals surface area contributed by atoms with Gasteiger partial charge in [0.25, 0.3) is 11.8 Å². The molecule has 1 saturated heterocycles. The van der Waals surface area contributed by atoms with E-state index >= 15 is 0 Å². The van der Waals surface area contributed by atoms with Gasteiger partial charge in [-0.3, -0.25) is 43.6 Å². The predicted molar refractivity (Wildman–Crippen MR) is 154 cm³/mol. The van der Waals surface area contributed by atoms with Crippen molar-refractivity contribution >= 4 is 51.2 Å². The Kier molecular flexibility index (Phi) is 7.99. The summed E-state index contributed by atoms with van der Waals surface area (Å²) in [5.41, 5.74) is 1.83. The number of rotatable bonds is 8. The van der Waals surface area contributed by atoms with Gasteiger partial charge in [0, 0.05) is 56.1 Å². The molecule has 0 bridgehead atoms. The molecule has 220 valence electrons. The second-order valence-corrected chi connectivity index (χ2v) is 11.3. The van der Waals surface area contributed by atoms with Gasteiger partial charge in [-0.25, -0.2) is 0 Å². The fourth-order valence-electron chi connectivity index (χ4n) is 5.27. The number of hydrogen-bond acceptors (Lipinski definition) is 7. The first-order chi connectivity index (χ1) is 20.0. The van der Waals surface area contributed by atoms with Crippen molar-refractivity contribution in [1.82, 2.24) is 35.1 Å². The Morgan fingerprint density at radius 2 is 1.93 bits per heavy atom. The number of nitrogens with one attached hydrogen (secondary N) is 2. The molecule has 0 aliphatic carbocycles. The fourth-order valence-corrected chi connectivity index (χ4v) is 5.73. The molecule has 13 nitrogen and oxygen atoms in total. The number of halogens is 1. The Balaban J connectivity index is 1.60. The Morgan fingerprint density at radius 1 is 1.17 bits per heavy atom. The first kappa shape index (κ1) is 29.2. The Bertz CT molecular complexity index is 1590. The number of nitrogens with zero attached hydrogens (tertiary/aromatic N) is 6. The molecular weight excluding hydrogens is 608 g/mol. The van der Waals surface area contributed by atoms with E-state index in [1.165, 1.54) is 14.5 Å². The molecule has 0 saturated carbocycles. The number of carbonyl (C=O) groups is 5. The summed E-state index contributed by atoms with van der Waals surface area (Å²) in [6, 6.07) is 6.28. The minimum atomic E-state index is -1.17. The second-order valence-electron chi connectivity index (χ2n) is 10.5. The summed E-state index contributed by atoms with van der Waals surface area (Å²) in [5.74, 6) is -2.24. The Morgan fingerprint density at radius 3 is 2.55 bits per heavy atom. The lowest BCUT2D eigenvalue weighted by Gasteiger charge is -2.30. The Hall–Kier alpha value is -4.33. The first-order valence-corrected chi connectivity index (χ1v) is 14.4. The second kappa shape index (κ2) is 11.5. The largest absolute Gasteiger partial charge is 0.354 e. The molecule has 2 aliphatic heterocycles. The van der Waals surface area contributed by atoms with E-state index in [1.54, 1.807) is 55.2 Å². The number of amides is 5. The summed E-state index contributed by atoms with van der Waals surface area (Å²) in [4.78, 5) is 68.5. The van der Waals surface area contributed by atoms with E-state index in [2.05, 4.69) is 36.8 Å². The molecule has 0 radical (unpaired) electrons. The number of aryl methyl sites for hydroxylation is 1. The maximum atomic E-state index is 14.3. The van der Waals surface area contributed by atoms with Crippen LogP contribution in [-0.4, -0.2) is 66.6 Å². The summed E-state index contributed by atoms with van der Waals surface area (Å²) in [6.45, 7) is 6.19. The van der Waals surface area contributed by atoms with E-state index in [0.717, 1.165) is 0 Å². The lowest BCUT2D eigenvalue weighted by molar-refractivity contribution is -0.137. The molecule has 1 fully saturated rings. The molecule has 42 heavy (non-hydrogen) atoms. The van der Waals surface area contributed by atoms with E-state index in [9.17, 15) is 24.0 Å². The van der Waals surface area contributed by atoms with Gasteiger partial charge in [-0.2, -0.15) is 10.2 Å². The van der Waals surface area contributed by atoms with Crippen molar-refractivity contribution in [2.24, 2.45) is 7.05 Å². The number of benzene rings is 1. The first-order valence-electron chi connectivity index (χ1n) is 13.6. The average molecular weight is 640 g/mol. The molecule has 5 rings (SSSR count). The number of likely N-dealkylation sites (N-methyl/N-ethyl adjacent to an activating group) is 1. The van der Waals surface area contributed by atoms with Crippen molar-refractivity contribution in [3.05, 3.63) is 63.6 Å². The van der Waals surface area contributed by atoms with Gasteiger partial charge in [0.2, 0.25) is 17.7 Å². The molecule has 3 aromatic rings. The van der Waals surface area contributed by atoms with E-state index < -0.39 is 35.7 Å². The number of carbonyl (C=O) groups excluding carboxylic acids is 5. The van der Waals surface area contributed by atoms with E-state index in [4.69, 9.17) is 0 Å². The molecule has 2 atom stereocenters. The highest BCUT2D eigenvalue weighted by Gasteiger charge is 2.41. The van der Waals surface area contributed by atoms with Crippen molar-refractivity contribution in [3.8, 4) is 0 Å². The van der Waals surface area contributed by atoms with Gasteiger partial charge < -0.3 is 10.2 Å². The van der Waals surface area contributed by atoms with Gasteiger partial charge in [-0.05, 0) is 66.9 Å². The molecule has 2 unspecified atom stereocenters. The van der Waals surface area contributed by atoms with Gasteiger partial charge in [-0.1, -0.05) is 6.07 Å². The highest BCUT2D eigenvalue weighted by Crippen LogP contribution is 2.35. The van der Waals surface area contributed by atoms with Crippen molar-refractivity contribution in [1.29, 1.82) is 0 Å². The van der Waals surface area contributed by atoms with Crippen LogP contribution in [-0.2, 0) is 28.0 Å². The minimum absolute atomic E-state index is 0.0155. The highest BCUT2D eigenvalue weighted by molar-refractivity contribution is 9.10. The maximum absolute atomic E-state index is 14.3. The van der Waals surface area contributed by atoms with Crippen molar-refractivity contribution < 1.29 is 24.0 Å². The summed E-state index contributed by atoms with van der Waals surface area (Å²) < 4.78 is 3.55. The number of anilines is 1. The highest BCUT2D eigenvalue weighted by atomic mass is 79.9. The smallest absolute Gasteiger partial charge is 0.277 e. The normalized spacial score (nSPS) is 17.3. The predicted octanol–water partition coefficient (Wildman–Crippen LogP) is 2.25. The van der Waals surface area contributed by atoms with Crippen molar-refractivity contribution in [2.75, 3.05) is 11.4 Å². The molecule has 0 spiro atoms. The summed E-state index contributed by atoms with van der Waals surface area (Å²) in [7, 11) is 1.62. The van der Waals surface area contributed by atoms with Gasteiger partial charge in [0.15, 0.2) is 6.04 Å². The van der Waals surface area contributed by atoms with E-state index in [0.29, 0.717) is 33.7 Å². The third-order valence-corrected chi connectivity index (χ3v) is 7.76. The van der Waals surface area contributed by atoms with Crippen LogP contribution in [0.1, 0.15) is 77.8 Å². The van der Waals surface area contributed by atoms with E-state index in [-0.39, 0.29) is 37.0 Å². The van der Waals surface area contributed by atoms with Crippen LogP contribution in [0.4, 0.5) is 5.69 Å². The van der Waals surface area contributed by atoms with Crippen LogP contribution in [0.25, 0.3) is 0 Å². The van der Waals surface area contributed by atoms with Gasteiger partial charge in [0.05, 0.1) is 5.69 Å². The topological polar surface area (TPSA) is 152 Å². The molecule has 2 aromatic heterocycles. The summed E-state index contributed by atoms with van der Waals surface area (Å²) >= 11 is 3.31. The monoisotopic (exact) mass is 638 g/mol. The number of imide groups is 1. The summed E-state index contributed by atoms with van der Waals surface area (Å²) in [5, 5.41) is 14.0. The fraction of sp³-hybridized carbons (Fsp3) is 0.393. The van der Waals surface area contributed by atoms with Crippen molar-refractivity contribution in [2.45, 2.75) is 58.3 Å². The zero-order valence-corrected chi connectivity index (χ0v) is 25.2. The number of fused-ring (bicyclic) bond motifs is 1. The third kappa shape index (κ3) is 5.33. The van der Waals surface area contributed by atoms with Gasteiger partial charge in [-0.15, -0.1) is 0 Å². The average Bonchev–Trinajstić information content (AvgIpc) is 3.64. The molecule has 2 aliphatic rings. The SMILES string of the molecule is CCNC(=O)C(c1ccn(C(C)C)n1)N(C(=O)c1cc(Br)nn1C)c1ccc2c(c1)C(=O)N(C1CCC(=O)NC1=O)C2. The molecule has 4 heterocycles. The van der Waals surface area contributed by atoms with Crippen LogP contribution in [0.3, 0.4) is 0 Å². The molecular formula is C28H31BrN8O5. The lowest BCUT2D eigenvalue weighted by Crippen LogP contribution is -2.52. The van der Waals surface area contributed by atoms with Gasteiger partial charge >= 0.3 is 0 Å². The lowest BCUT2D eigenvalue weighted by atomic mass is 10.0. The van der Waals surface area contributed by atoms with Gasteiger partial charge in [0.1, 0.15) is 16.3 Å². The number of aromatic nitrogens is 4. The maximum Gasteiger partial charge on any atom is 0.277 e.